The van der Waals surface area contributed by atoms with Crippen LogP contribution in [0.25, 0.3) is 11.2 Å². The Hall–Kier alpha value is -2.78. The molecule has 5 rings (SSSR count). The van der Waals surface area contributed by atoms with Gasteiger partial charge in [-0.3, -0.25) is 4.57 Å². The largest absolute Gasteiger partial charge is 0.351 e. The zero-order valence-corrected chi connectivity index (χ0v) is 19.4. The van der Waals surface area contributed by atoms with Crippen LogP contribution in [0.2, 0.25) is 0 Å². The lowest BCUT2D eigenvalue weighted by atomic mass is 9.91. The summed E-state index contributed by atoms with van der Waals surface area (Å²) in [6.07, 6.45) is 8.29. The molecule has 1 aliphatic carbocycles. The van der Waals surface area contributed by atoms with Crippen molar-refractivity contribution in [2.75, 3.05) is 37.8 Å². The number of hydrogen-bond donors (Lipinski definition) is 3. The third-order valence-corrected chi connectivity index (χ3v) is 6.99. The Morgan fingerprint density at radius 1 is 1.03 bits per heavy atom. The number of anilines is 3. The third kappa shape index (κ3) is 4.79. The quantitative estimate of drug-likeness (QED) is 0.523. The summed E-state index contributed by atoms with van der Waals surface area (Å²) in [7, 11) is 4.31. The summed E-state index contributed by atoms with van der Waals surface area (Å²) in [6.45, 7) is 1.88. The van der Waals surface area contributed by atoms with Crippen molar-refractivity contribution in [1.29, 1.82) is 0 Å². The molecule has 0 atom stereocenters. The van der Waals surface area contributed by atoms with Gasteiger partial charge in [0.15, 0.2) is 5.65 Å². The molecule has 9 heteroatoms. The lowest BCUT2D eigenvalue weighted by Crippen LogP contribution is -2.36. The van der Waals surface area contributed by atoms with Gasteiger partial charge in [0.05, 0.1) is 11.9 Å². The average Bonchev–Trinajstić information content (AvgIpc) is 3.18. The Kier molecular flexibility index (Phi) is 6.41. The normalized spacial score (nSPS) is 22.1. The van der Waals surface area contributed by atoms with Gasteiger partial charge in [0.1, 0.15) is 11.3 Å². The van der Waals surface area contributed by atoms with Crippen molar-refractivity contribution in [2.45, 2.75) is 56.7 Å². The van der Waals surface area contributed by atoms with Crippen LogP contribution >= 0.6 is 0 Å². The van der Waals surface area contributed by atoms with E-state index in [0.717, 1.165) is 44.4 Å². The molecule has 2 fully saturated rings. The van der Waals surface area contributed by atoms with Gasteiger partial charge in [-0.25, -0.2) is 14.4 Å². The fraction of sp³-hybridized carbons (Fsp3) is 0.542. The summed E-state index contributed by atoms with van der Waals surface area (Å²) in [5.74, 6) is 0.950. The summed E-state index contributed by atoms with van der Waals surface area (Å²) in [5, 5.41) is 10.2. The van der Waals surface area contributed by atoms with Crippen LogP contribution < -0.4 is 16.0 Å². The van der Waals surface area contributed by atoms with Gasteiger partial charge in [0.25, 0.3) is 0 Å². The minimum atomic E-state index is -0.303. The molecule has 3 heterocycles. The lowest BCUT2D eigenvalue weighted by molar-refractivity contribution is 0.221. The number of nitrogens with zero attached hydrogens (tertiary/aromatic N) is 5. The van der Waals surface area contributed by atoms with E-state index in [4.69, 9.17) is 9.97 Å². The Bertz CT molecular complexity index is 1080. The summed E-state index contributed by atoms with van der Waals surface area (Å²) in [5.41, 5.74) is 1.92. The first-order valence-corrected chi connectivity index (χ1v) is 12.0. The van der Waals surface area contributed by atoms with E-state index in [-0.39, 0.29) is 11.9 Å². The number of fused-ring (bicyclic) bond motifs is 1. The maximum Gasteiger partial charge on any atom is 0.224 e. The number of hydrogen-bond acceptors (Lipinski definition) is 7. The van der Waals surface area contributed by atoms with Crippen molar-refractivity contribution in [1.82, 2.24) is 29.7 Å². The number of imidazole rings is 1. The summed E-state index contributed by atoms with van der Waals surface area (Å²) < 4.78 is 16.5. The number of benzene rings is 1. The van der Waals surface area contributed by atoms with E-state index in [2.05, 4.69) is 44.5 Å². The van der Waals surface area contributed by atoms with E-state index in [1.54, 1.807) is 18.3 Å². The first kappa shape index (κ1) is 22.0. The molecule has 0 radical (unpaired) electrons. The molecule has 176 valence electrons. The van der Waals surface area contributed by atoms with Gasteiger partial charge in [-0.05, 0) is 77.8 Å². The number of halogens is 1. The molecule has 0 spiro atoms. The molecule has 0 unspecified atom stereocenters. The van der Waals surface area contributed by atoms with Crippen LogP contribution in [-0.2, 0) is 0 Å². The minimum Gasteiger partial charge on any atom is -0.351 e. The number of rotatable bonds is 6. The van der Waals surface area contributed by atoms with Crippen molar-refractivity contribution in [3.63, 3.8) is 0 Å². The highest BCUT2D eigenvalue weighted by molar-refractivity contribution is 5.76. The smallest absolute Gasteiger partial charge is 0.224 e. The molecule has 1 saturated heterocycles. The van der Waals surface area contributed by atoms with E-state index in [1.165, 1.54) is 18.9 Å². The van der Waals surface area contributed by atoms with Crippen molar-refractivity contribution in [3.8, 4) is 0 Å². The second-order valence-corrected chi connectivity index (χ2v) is 9.41. The lowest BCUT2D eigenvalue weighted by Gasteiger charge is -2.32. The maximum atomic E-state index is 14.4. The topological polar surface area (TPSA) is 82.9 Å². The summed E-state index contributed by atoms with van der Waals surface area (Å²) in [4.78, 5) is 16.5. The predicted octanol–water partition coefficient (Wildman–Crippen LogP) is 3.92. The summed E-state index contributed by atoms with van der Waals surface area (Å²) in [6, 6.07) is 7.95. The molecule has 0 bridgehead atoms. The van der Waals surface area contributed by atoms with Gasteiger partial charge >= 0.3 is 0 Å². The van der Waals surface area contributed by atoms with E-state index >= 15 is 0 Å². The van der Waals surface area contributed by atoms with Gasteiger partial charge in [0.2, 0.25) is 11.9 Å². The van der Waals surface area contributed by atoms with E-state index < -0.39 is 0 Å². The molecule has 1 saturated carbocycles. The first-order valence-electron chi connectivity index (χ1n) is 12.0. The second kappa shape index (κ2) is 9.61. The molecule has 2 aromatic heterocycles. The number of nitrogens with one attached hydrogen (secondary N) is 3. The number of piperidine rings is 1. The van der Waals surface area contributed by atoms with Crippen LogP contribution in [-0.4, -0.2) is 63.7 Å². The Morgan fingerprint density at radius 2 is 1.79 bits per heavy atom. The maximum absolute atomic E-state index is 14.4. The standard InChI is InChI=1S/C24H33FN8/c1-32(2)17-9-7-16(8-10-17)28-23-27-15-21-22(31-23)33(18-11-13-26-14-12-18)24(30-21)29-20-6-4-3-5-19(20)25/h3-6,15-18,26H,7-14H2,1-2H3,(H,29,30)(H,27,28,31). The molecule has 8 nitrogen and oxygen atoms in total. The molecular formula is C24H33FN8. The van der Waals surface area contributed by atoms with Gasteiger partial charge < -0.3 is 20.9 Å². The molecule has 33 heavy (non-hydrogen) atoms. The zero-order valence-electron chi connectivity index (χ0n) is 19.4. The third-order valence-electron chi connectivity index (χ3n) is 6.99. The predicted molar refractivity (Wildman–Crippen MR) is 130 cm³/mol. The Balaban J connectivity index is 1.44. The number of para-hydroxylation sites is 1. The fourth-order valence-electron chi connectivity index (χ4n) is 5.06. The van der Waals surface area contributed by atoms with E-state index in [0.29, 0.717) is 35.2 Å². The van der Waals surface area contributed by atoms with Crippen LogP contribution in [0.1, 0.15) is 44.6 Å². The Labute approximate surface area is 194 Å². The average molecular weight is 453 g/mol. The van der Waals surface area contributed by atoms with Crippen LogP contribution in [0, 0.1) is 5.82 Å². The van der Waals surface area contributed by atoms with Gasteiger partial charge in [-0.1, -0.05) is 12.1 Å². The van der Waals surface area contributed by atoms with Crippen molar-refractivity contribution in [2.24, 2.45) is 0 Å². The molecule has 0 amide bonds. The van der Waals surface area contributed by atoms with Crippen LogP contribution in [0.3, 0.4) is 0 Å². The molecule has 3 aromatic rings. The van der Waals surface area contributed by atoms with Crippen LogP contribution in [0.5, 0.6) is 0 Å². The van der Waals surface area contributed by atoms with Crippen LogP contribution in [0.15, 0.2) is 30.5 Å². The molecular weight excluding hydrogens is 419 g/mol. The monoisotopic (exact) mass is 452 g/mol. The van der Waals surface area contributed by atoms with Crippen molar-refractivity contribution < 1.29 is 4.39 Å². The molecule has 1 aromatic carbocycles. The fourth-order valence-corrected chi connectivity index (χ4v) is 5.06. The Morgan fingerprint density at radius 3 is 2.52 bits per heavy atom. The highest BCUT2D eigenvalue weighted by atomic mass is 19.1. The summed E-state index contributed by atoms with van der Waals surface area (Å²) >= 11 is 0. The zero-order chi connectivity index (χ0) is 22.8. The second-order valence-electron chi connectivity index (χ2n) is 9.41. The van der Waals surface area contributed by atoms with Gasteiger partial charge in [-0.15, -0.1) is 0 Å². The SMILES string of the molecule is CN(C)C1CCC(Nc2ncc3nc(Nc4ccccc4F)n(C4CCNCC4)c3n2)CC1. The molecule has 1 aliphatic heterocycles. The van der Waals surface area contributed by atoms with Crippen LogP contribution in [0.4, 0.5) is 22.0 Å². The minimum absolute atomic E-state index is 0.240. The van der Waals surface area contributed by atoms with E-state index in [1.807, 2.05) is 6.07 Å². The first-order chi connectivity index (χ1) is 16.1. The highest BCUT2D eigenvalue weighted by Gasteiger charge is 2.25. The van der Waals surface area contributed by atoms with Gasteiger partial charge in [0, 0.05) is 18.1 Å². The highest BCUT2D eigenvalue weighted by Crippen LogP contribution is 2.31. The van der Waals surface area contributed by atoms with Gasteiger partial charge in [-0.2, -0.15) is 4.98 Å². The van der Waals surface area contributed by atoms with Crippen molar-refractivity contribution in [3.05, 3.63) is 36.3 Å². The van der Waals surface area contributed by atoms with E-state index in [9.17, 15) is 4.39 Å². The van der Waals surface area contributed by atoms with Crippen molar-refractivity contribution >= 4 is 28.7 Å². The molecule has 2 aliphatic rings. The molecule has 3 N–H and O–H groups in total. The number of aromatic nitrogens is 4.